The molecule has 3 N–H and O–H groups in total. The Morgan fingerprint density at radius 1 is 1.25 bits per heavy atom. The van der Waals surface area contributed by atoms with E-state index in [0.29, 0.717) is 5.69 Å². The van der Waals surface area contributed by atoms with Crippen LogP contribution in [0.4, 0.5) is 18.9 Å². The highest BCUT2D eigenvalue weighted by atomic mass is 19.4. The predicted molar refractivity (Wildman–Crippen MR) is 53.7 cm³/mol. The number of alkyl halides is 3. The topological polar surface area (TPSA) is 55.1 Å². The van der Waals surface area contributed by atoms with Crippen molar-refractivity contribution < 1.29 is 18.0 Å². The van der Waals surface area contributed by atoms with E-state index in [1.54, 1.807) is 0 Å². The Bertz CT molecular complexity index is 359. The molecule has 0 heterocycles. The Kier molecular flexibility index (Phi) is 3.89. The molecule has 16 heavy (non-hydrogen) atoms. The minimum atomic E-state index is -4.36. The van der Waals surface area contributed by atoms with Crippen LogP contribution in [0.25, 0.3) is 0 Å². The minimum absolute atomic E-state index is 0.140. The number of anilines is 1. The maximum atomic E-state index is 12.2. The number of carbonyl (C=O) groups is 1. The van der Waals surface area contributed by atoms with Crippen LogP contribution in [-0.4, -0.2) is 12.5 Å². The molecule has 1 aromatic rings. The second-order valence-corrected chi connectivity index (χ2v) is 3.16. The summed E-state index contributed by atoms with van der Waals surface area (Å²) < 4.78 is 36.6. The van der Waals surface area contributed by atoms with E-state index in [0.717, 1.165) is 12.1 Å². The lowest BCUT2D eigenvalue weighted by molar-refractivity contribution is -0.137. The average Bonchev–Trinajstić information content (AvgIpc) is 2.17. The lowest BCUT2D eigenvalue weighted by Gasteiger charge is -2.08. The number of rotatable bonds is 3. The first kappa shape index (κ1) is 12.5. The van der Waals surface area contributed by atoms with Gasteiger partial charge < -0.3 is 11.1 Å². The molecule has 0 aliphatic carbocycles. The third-order valence-corrected chi connectivity index (χ3v) is 1.87. The van der Waals surface area contributed by atoms with Crippen LogP contribution in [0, 0.1) is 0 Å². The molecule has 0 aromatic heterocycles. The van der Waals surface area contributed by atoms with Crippen molar-refractivity contribution in [2.75, 3.05) is 11.9 Å². The number of nitrogens with two attached hydrogens (primary N) is 1. The van der Waals surface area contributed by atoms with E-state index < -0.39 is 11.7 Å². The number of amides is 1. The molecule has 0 bridgehead atoms. The summed E-state index contributed by atoms with van der Waals surface area (Å²) in [4.78, 5) is 11.1. The maximum absolute atomic E-state index is 12.2. The molecule has 0 saturated heterocycles. The molecule has 0 spiro atoms. The van der Waals surface area contributed by atoms with Gasteiger partial charge in [-0.1, -0.05) is 0 Å². The summed E-state index contributed by atoms with van der Waals surface area (Å²) in [6.07, 6.45) is -4.22. The largest absolute Gasteiger partial charge is 0.416 e. The van der Waals surface area contributed by atoms with E-state index in [4.69, 9.17) is 5.73 Å². The van der Waals surface area contributed by atoms with Crippen molar-refractivity contribution >= 4 is 11.6 Å². The van der Waals surface area contributed by atoms with Gasteiger partial charge in [0.05, 0.1) is 5.56 Å². The van der Waals surface area contributed by atoms with Crippen LogP contribution in [0.15, 0.2) is 24.3 Å². The van der Waals surface area contributed by atoms with Gasteiger partial charge in [0.25, 0.3) is 0 Å². The molecular formula is C10H11F3N2O. The second kappa shape index (κ2) is 4.98. The normalized spacial score (nSPS) is 11.2. The molecule has 1 amide bonds. The van der Waals surface area contributed by atoms with E-state index in [2.05, 4.69) is 5.32 Å². The molecule has 6 heteroatoms. The maximum Gasteiger partial charge on any atom is 0.416 e. The van der Waals surface area contributed by atoms with E-state index >= 15 is 0 Å². The van der Waals surface area contributed by atoms with Crippen molar-refractivity contribution in [1.82, 2.24) is 0 Å². The summed E-state index contributed by atoms with van der Waals surface area (Å²) in [5.41, 5.74) is 4.73. The summed E-state index contributed by atoms with van der Waals surface area (Å²) in [5, 5.41) is 2.44. The second-order valence-electron chi connectivity index (χ2n) is 3.16. The monoisotopic (exact) mass is 232 g/mol. The molecule has 3 nitrogen and oxygen atoms in total. The lowest BCUT2D eigenvalue weighted by atomic mass is 10.2. The van der Waals surface area contributed by atoms with Crippen LogP contribution in [0.2, 0.25) is 0 Å². The first-order valence-corrected chi connectivity index (χ1v) is 4.60. The Balaban J connectivity index is 2.69. The van der Waals surface area contributed by atoms with Gasteiger partial charge >= 0.3 is 6.18 Å². The molecule has 0 aliphatic rings. The number of hydrogen-bond acceptors (Lipinski definition) is 2. The number of benzene rings is 1. The SMILES string of the molecule is NCCC(=O)Nc1ccc(C(F)(F)F)cc1. The van der Waals surface area contributed by atoms with Gasteiger partial charge in [0.1, 0.15) is 0 Å². The standard InChI is InChI=1S/C10H11F3N2O/c11-10(12,13)7-1-3-8(4-2-7)15-9(16)5-6-14/h1-4H,5-6,14H2,(H,15,16). The van der Waals surface area contributed by atoms with Crippen molar-refractivity contribution in [3.8, 4) is 0 Å². The molecule has 0 atom stereocenters. The third kappa shape index (κ3) is 3.54. The van der Waals surface area contributed by atoms with E-state index in [1.165, 1.54) is 12.1 Å². The average molecular weight is 232 g/mol. The summed E-state index contributed by atoms with van der Waals surface area (Å²) in [6, 6.07) is 4.24. The molecule has 0 saturated carbocycles. The highest BCUT2D eigenvalue weighted by Crippen LogP contribution is 2.29. The number of halogens is 3. The zero-order valence-corrected chi connectivity index (χ0v) is 8.34. The van der Waals surface area contributed by atoms with E-state index in [-0.39, 0.29) is 18.9 Å². The molecule has 88 valence electrons. The van der Waals surface area contributed by atoms with Gasteiger partial charge in [0, 0.05) is 18.7 Å². The van der Waals surface area contributed by atoms with Crippen LogP contribution in [-0.2, 0) is 11.0 Å². The fourth-order valence-electron chi connectivity index (χ4n) is 1.10. The number of hydrogen-bond donors (Lipinski definition) is 2. The van der Waals surface area contributed by atoms with E-state index in [1.807, 2.05) is 0 Å². The summed E-state index contributed by atoms with van der Waals surface area (Å²) in [7, 11) is 0. The van der Waals surface area contributed by atoms with Crippen LogP contribution in [0.5, 0.6) is 0 Å². The molecular weight excluding hydrogens is 221 g/mol. The van der Waals surface area contributed by atoms with E-state index in [9.17, 15) is 18.0 Å². The van der Waals surface area contributed by atoms with Crippen LogP contribution < -0.4 is 11.1 Å². The third-order valence-electron chi connectivity index (χ3n) is 1.87. The van der Waals surface area contributed by atoms with Gasteiger partial charge in [0.2, 0.25) is 5.91 Å². The fraction of sp³-hybridized carbons (Fsp3) is 0.300. The Labute approximate surface area is 90.4 Å². The highest BCUT2D eigenvalue weighted by molar-refractivity contribution is 5.90. The fourth-order valence-corrected chi connectivity index (χ4v) is 1.10. The van der Waals surface area contributed by atoms with Gasteiger partial charge in [0.15, 0.2) is 0 Å². The van der Waals surface area contributed by atoms with Crippen molar-refractivity contribution in [2.24, 2.45) is 5.73 Å². The minimum Gasteiger partial charge on any atom is -0.330 e. The van der Waals surface area contributed by atoms with Gasteiger partial charge in [-0.2, -0.15) is 13.2 Å². The van der Waals surface area contributed by atoms with Crippen LogP contribution in [0.3, 0.4) is 0 Å². The zero-order chi connectivity index (χ0) is 12.2. The molecule has 0 aliphatic heterocycles. The Morgan fingerprint density at radius 3 is 2.25 bits per heavy atom. The Hall–Kier alpha value is -1.56. The Morgan fingerprint density at radius 2 is 1.81 bits per heavy atom. The first-order valence-electron chi connectivity index (χ1n) is 4.60. The smallest absolute Gasteiger partial charge is 0.330 e. The zero-order valence-electron chi connectivity index (χ0n) is 8.34. The van der Waals surface area contributed by atoms with Crippen molar-refractivity contribution in [2.45, 2.75) is 12.6 Å². The molecule has 0 unspecified atom stereocenters. The van der Waals surface area contributed by atoms with Gasteiger partial charge in [-0.15, -0.1) is 0 Å². The van der Waals surface area contributed by atoms with Crippen molar-refractivity contribution in [1.29, 1.82) is 0 Å². The molecule has 0 radical (unpaired) electrons. The van der Waals surface area contributed by atoms with Crippen LogP contribution in [0.1, 0.15) is 12.0 Å². The lowest BCUT2D eigenvalue weighted by Crippen LogP contribution is -2.16. The van der Waals surface area contributed by atoms with Gasteiger partial charge in [-0.05, 0) is 24.3 Å². The summed E-state index contributed by atoms with van der Waals surface area (Å²) >= 11 is 0. The van der Waals surface area contributed by atoms with Crippen LogP contribution >= 0.6 is 0 Å². The quantitative estimate of drug-likeness (QED) is 0.837. The highest BCUT2D eigenvalue weighted by Gasteiger charge is 2.29. The van der Waals surface area contributed by atoms with Crippen molar-refractivity contribution in [3.63, 3.8) is 0 Å². The predicted octanol–water partition coefficient (Wildman–Crippen LogP) is 1.99. The number of nitrogens with one attached hydrogen (secondary N) is 1. The summed E-state index contributed by atoms with van der Waals surface area (Å²) in [6.45, 7) is 0.201. The summed E-state index contributed by atoms with van der Waals surface area (Å²) in [5.74, 6) is -0.317. The molecule has 0 fully saturated rings. The number of carbonyl (C=O) groups excluding carboxylic acids is 1. The molecule has 1 rings (SSSR count). The van der Waals surface area contributed by atoms with Crippen molar-refractivity contribution in [3.05, 3.63) is 29.8 Å². The first-order chi connectivity index (χ1) is 7.43. The van der Waals surface area contributed by atoms with Gasteiger partial charge in [-0.3, -0.25) is 4.79 Å². The van der Waals surface area contributed by atoms with Gasteiger partial charge in [-0.25, -0.2) is 0 Å². The molecule has 1 aromatic carbocycles.